The lowest BCUT2D eigenvalue weighted by atomic mass is 10.3. The Bertz CT molecular complexity index is 516. The number of rotatable bonds is 2. The van der Waals surface area contributed by atoms with E-state index in [1.165, 1.54) is 6.07 Å². The van der Waals surface area contributed by atoms with Crippen molar-refractivity contribution in [3.8, 4) is 0 Å². The van der Waals surface area contributed by atoms with Gasteiger partial charge in [0.1, 0.15) is 17.5 Å². The fourth-order valence-corrected chi connectivity index (χ4v) is 1.58. The van der Waals surface area contributed by atoms with Gasteiger partial charge in [0.15, 0.2) is 0 Å². The van der Waals surface area contributed by atoms with E-state index in [9.17, 15) is 4.39 Å². The van der Waals surface area contributed by atoms with Crippen molar-refractivity contribution in [3.05, 3.63) is 46.7 Å². The van der Waals surface area contributed by atoms with Crippen LogP contribution in [0.2, 0.25) is 0 Å². The summed E-state index contributed by atoms with van der Waals surface area (Å²) in [6.45, 7) is 0. The van der Waals surface area contributed by atoms with Gasteiger partial charge < -0.3 is 11.1 Å². The lowest BCUT2D eigenvalue weighted by molar-refractivity contribution is 0.631. The molecule has 82 valence electrons. The lowest BCUT2D eigenvalue weighted by Crippen LogP contribution is -1.98. The Balaban J connectivity index is 2.27. The minimum Gasteiger partial charge on any atom is -0.384 e. The van der Waals surface area contributed by atoms with Gasteiger partial charge in [-0.15, -0.1) is 0 Å². The second kappa shape index (κ2) is 4.49. The fourth-order valence-electron chi connectivity index (χ4n) is 1.25. The van der Waals surface area contributed by atoms with Crippen LogP contribution < -0.4 is 11.1 Å². The van der Waals surface area contributed by atoms with E-state index in [-0.39, 0.29) is 5.82 Å². The first-order valence-electron chi connectivity index (χ1n) is 4.60. The van der Waals surface area contributed by atoms with Crippen LogP contribution in [0.25, 0.3) is 0 Å². The molecule has 16 heavy (non-hydrogen) atoms. The first-order valence-corrected chi connectivity index (χ1v) is 5.39. The van der Waals surface area contributed by atoms with Gasteiger partial charge in [-0.3, -0.25) is 0 Å². The Morgan fingerprint density at radius 1 is 1.25 bits per heavy atom. The molecule has 0 spiro atoms. The van der Waals surface area contributed by atoms with Gasteiger partial charge in [0, 0.05) is 4.47 Å². The quantitative estimate of drug-likeness (QED) is 0.888. The molecule has 3 nitrogen and oxygen atoms in total. The maximum Gasteiger partial charge on any atom is 0.147 e. The van der Waals surface area contributed by atoms with Crippen molar-refractivity contribution < 1.29 is 4.39 Å². The van der Waals surface area contributed by atoms with Crippen molar-refractivity contribution in [1.82, 2.24) is 4.98 Å². The van der Waals surface area contributed by atoms with Crippen LogP contribution in [0.15, 0.2) is 40.9 Å². The maximum absolute atomic E-state index is 13.5. The second-order valence-corrected chi connectivity index (χ2v) is 4.11. The van der Waals surface area contributed by atoms with Crippen molar-refractivity contribution in [2.45, 2.75) is 0 Å². The monoisotopic (exact) mass is 281 g/mol. The molecule has 1 aromatic heterocycles. The van der Waals surface area contributed by atoms with Gasteiger partial charge in [0.25, 0.3) is 0 Å². The third-order valence-corrected chi connectivity index (χ3v) is 2.46. The average Bonchev–Trinajstić information content (AvgIpc) is 2.22. The van der Waals surface area contributed by atoms with E-state index in [0.29, 0.717) is 21.8 Å². The number of nitrogens with two attached hydrogens (primary N) is 1. The zero-order chi connectivity index (χ0) is 11.5. The van der Waals surface area contributed by atoms with E-state index in [2.05, 4.69) is 26.2 Å². The largest absolute Gasteiger partial charge is 0.384 e. The lowest BCUT2D eigenvalue weighted by Gasteiger charge is -2.07. The number of nitrogens with one attached hydrogen (secondary N) is 1. The van der Waals surface area contributed by atoms with Crippen LogP contribution in [0.3, 0.4) is 0 Å². The summed E-state index contributed by atoms with van der Waals surface area (Å²) in [5.41, 5.74) is 5.88. The van der Waals surface area contributed by atoms with Gasteiger partial charge in [-0.05, 0) is 30.3 Å². The number of nitrogens with zero attached hydrogens (tertiary/aromatic N) is 1. The molecule has 0 atom stereocenters. The number of halogens is 2. The van der Waals surface area contributed by atoms with Crippen LogP contribution in [-0.4, -0.2) is 4.98 Å². The number of benzene rings is 1. The molecule has 0 aliphatic carbocycles. The first kappa shape index (κ1) is 10.9. The minimum atomic E-state index is -0.349. The number of pyridine rings is 1. The van der Waals surface area contributed by atoms with Gasteiger partial charge >= 0.3 is 0 Å². The van der Waals surface area contributed by atoms with Gasteiger partial charge in [-0.2, -0.15) is 0 Å². The summed E-state index contributed by atoms with van der Waals surface area (Å²) in [4.78, 5) is 4.02. The molecule has 1 aromatic carbocycles. The highest BCUT2D eigenvalue weighted by Gasteiger charge is 2.03. The van der Waals surface area contributed by atoms with E-state index in [1.54, 1.807) is 30.3 Å². The number of hydrogen-bond donors (Lipinski definition) is 2. The van der Waals surface area contributed by atoms with Gasteiger partial charge in [-0.25, -0.2) is 9.37 Å². The highest BCUT2D eigenvalue weighted by atomic mass is 79.9. The molecule has 0 aliphatic heterocycles. The Morgan fingerprint density at radius 3 is 2.75 bits per heavy atom. The van der Waals surface area contributed by atoms with Crippen LogP contribution in [0.4, 0.5) is 21.7 Å². The van der Waals surface area contributed by atoms with Crippen molar-refractivity contribution in [3.63, 3.8) is 0 Å². The SMILES string of the molecule is Nc1cccc(Nc2ccc(Br)cc2F)n1. The summed E-state index contributed by atoms with van der Waals surface area (Å²) in [6, 6.07) is 9.90. The van der Waals surface area contributed by atoms with Crippen LogP contribution in [0.1, 0.15) is 0 Å². The Kier molecular flexibility index (Phi) is 3.05. The predicted molar refractivity (Wildman–Crippen MR) is 66.0 cm³/mol. The Morgan fingerprint density at radius 2 is 2.06 bits per heavy atom. The predicted octanol–water partition coefficient (Wildman–Crippen LogP) is 3.31. The minimum absolute atomic E-state index is 0.349. The first-order chi connectivity index (χ1) is 7.65. The molecule has 0 fully saturated rings. The third-order valence-electron chi connectivity index (χ3n) is 1.96. The average molecular weight is 282 g/mol. The highest BCUT2D eigenvalue weighted by Crippen LogP contribution is 2.22. The summed E-state index contributed by atoms with van der Waals surface area (Å²) >= 11 is 3.19. The number of aromatic nitrogens is 1. The molecule has 2 rings (SSSR count). The summed E-state index contributed by atoms with van der Waals surface area (Å²) in [5.74, 6) is 0.558. The van der Waals surface area contributed by atoms with Crippen LogP contribution >= 0.6 is 15.9 Å². The van der Waals surface area contributed by atoms with Crippen molar-refractivity contribution in [2.75, 3.05) is 11.1 Å². The molecular formula is C11H9BrFN3. The molecule has 0 saturated carbocycles. The summed E-state index contributed by atoms with van der Waals surface area (Å²) < 4.78 is 14.2. The molecule has 0 bridgehead atoms. The van der Waals surface area contributed by atoms with E-state index < -0.39 is 0 Å². The van der Waals surface area contributed by atoms with Crippen LogP contribution in [-0.2, 0) is 0 Å². The molecule has 0 unspecified atom stereocenters. The highest BCUT2D eigenvalue weighted by molar-refractivity contribution is 9.10. The van der Waals surface area contributed by atoms with E-state index in [4.69, 9.17) is 5.73 Å². The number of anilines is 3. The van der Waals surface area contributed by atoms with Crippen molar-refractivity contribution >= 4 is 33.3 Å². The number of hydrogen-bond acceptors (Lipinski definition) is 3. The zero-order valence-electron chi connectivity index (χ0n) is 8.24. The summed E-state index contributed by atoms with van der Waals surface area (Å²) in [7, 11) is 0. The molecular weight excluding hydrogens is 273 g/mol. The molecule has 0 radical (unpaired) electrons. The Hall–Kier alpha value is -1.62. The van der Waals surface area contributed by atoms with E-state index in [1.807, 2.05) is 0 Å². The van der Waals surface area contributed by atoms with Gasteiger partial charge in [0.2, 0.25) is 0 Å². The number of nitrogen functional groups attached to an aromatic ring is 1. The molecule has 3 N–H and O–H groups in total. The molecule has 2 aromatic rings. The third kappa shape index (κ3) is 2.49. The Labute approximate surface area is 101 Å². The van der Waals surface area contributed by atoms with Crippen LogP contribution in [0.5, 0.6) is 0 Å². The molecule has 5 heteroatoms. The normalized spacial score (nSPS) is 10.1. The van der Waals surface area contributed by atoms with Crippen LogP contribution in [0, 0.1) is 5.82 Å². The van der Waals surface area contributed by atoms with E-state index >= 15 is 0 Å². The molecule has 0 aliphatic rings. The van der Waals surface area contributed by atoms with Crippen molar-refractivity contribution in [1.29, 1.82) is 0 Å². The zero-order valence-corrected chi connectivity index (χ0v) is 9.83. The van der Waals surface area contributed by atoms with Gasteiger partial charge in [0.05, 0.1) is 5.69 Å². The molecule has 0 amide bonds. The van der Waals surface area contributed by atoms with E-state index in [0.717, 1.165) is 0 Å². The fraction of sp³-hybridized carbons (Fsp3) is 0. The second-order valence-electron chi connectivity index (χ2n) is 3.20. The van der Waals surface area contributed by atoms with Crippen molar-refractivity contribution in [2.24, 2.45) is 0 Å². The van der Waals surface area contributed by atoms with Gasteiger partial charge in [-0.1, -0.05) is 22.0 Å². The summed E-state index contributed by atoms with van der Waals surface area (Å²) in [6.07, 6.45) is 0. The summed E-state index contributed by atoms with van der Waals surface area (Å²) in [5, 5.41) is 2.85. The maximum atomic E-state index is 13.5. The topological polar surface area (TPSA) is 50.9 Å². The smallest absolute Gasteiger partial charge is 0.147 e. The standard InChI is InChI=1S/C11H9BrFN3/c12-7-4-5-9(8(13)6-7)15-11-3-1-2-10(14)16-11/h1-6H,(H3,14,15,16). The molecule has 1 heterocycles. The molecule has 0 saturated heterocycles.